The molecule has 110 valence electrons. The molecule has 6 heteroatoms. The highest BCUT2D eigenvalue weighted by molar-refractivity contribution is 5.77. The Morgan fingerprint density at radius 2 is 1.85 bits per heavy atom. The first-order valence-electron chi connectivity index (χ1n) is 6.40. The van der Waals surface area contributed by atoms with Crippen molar-refractivity contribution in [2.75, 3.05) is 0 Å². The number of hydrogen-bond donors (Lipinski definition) is 3. The summed E-state index contributed by atoms with van der Waals surface area (Å²) in [7, 11) is 0. The summed E-state index contributed by atoms with van der Waals surface area (Å²) >= 11 is 0. The summed E-state index contributed by atoms with van der Waals surface area (Å²) in [5, 5.41) is 8.71. The highest BCUT2D eigenvalue weighted by Crippen LogP contribution is 2.06. The molecule has 6 nitrogen and oxygen atoms in total. The Kier molecular flexibility index (Phi) is 6.14. The number of carbonyl (C=O) groups is 2. The predicted octanol–water partition coefficient (Wildman–Crippen LogP) is 0.290. The fourth-order valence-electron chi connectivity index (χ4n) is 1.63. The molecule has 1 aromatic carbocycles. The number of ether oxygens (including phenoxy) is 1. The third-order valence-electron chi connectivity index (χ3n) is 2.98. The number of aliphatic carboxylic acids is 1. The standard InChI is InChI=1S/C14H20N2O4/c1-9(12(16)13(17)18)20-14(19)11(15)8-7-10-5-3-2-4-6-10/h2-6,9,11-12H,7-8,15-16H2,1H3,(H,17,18)/t9-,11?,12+/m1/s1. The second-order valence-electron chi connectivity index (χ2n) is 4.64. The molecule has 0 amide bonds. The Balaban J connectivity index is 2.41. The molecule has 0 aromatic heterocycles. The van der Waals surface area contributed by atoms with Gasteiger partial charge in [0.25, 0.3) is 0 Å². The van der Waals surface area contributed by atoms with E-state index in [-0.39, 0.29) is 0 Å². The van der Waals surface area contributed by atoms with Gasteiger partial charge in [0.2, 0.25) is 0 Å². The zero-order valence-electron chi connectivity index (χ0n) is 11.4. The van der Waals surface area contributed by atoms with Crippen molar-refractivity contribution in [1.29, 1.82) is 0 Å². The van der Waals surface area contributed by atoms with Crippen LogP contribution in [0.1, 0.15) is 18.9 Å². The number of aryl methyl sites for hydroxylation is 1. The van der Waals surface area contributed by atoms with Gasteiger partial charge in [-0.15, -0.1) is 0 Å². The summed E-state index contributed by atoms with van der Waals surface area (Å²) < 4.78 is 4.95. The maximum Gasteiger partial charge on any atom is 0.324 e. The van der Waals surface area contributed by atoms with Gasteiger partial charge >= 0.3 is 11.9 Å². The van der Waals surface area contributed by atoms with Crippen LogP contribution >= 0.6 is 0 Å². The van der Waals surface area contributed by atoms with Crippen molar-refractivity contribution in [2.45, 2.75) is 38.0 Å². The fraction of sp³-hybridized carbons (Fsp3) is 0.429. The van der Waals surface area contributed by atoms with E-state index in [2.05, 4.69) is 0 Å². The minimum atomic E-state index is -1.25. The van der Waals surface area contributed by atoms with Gasteiger partial charge in [-0.1, -0.05) is 30.3 Å². The molecular weight excluding hydrogens is 260 g/mol. The maximum atomic E-state index is 11.7. The first kappa shape index (κ1) is 16.1. The monoisotopic (exact) mass is 280 g/mol. The molecule has 1 aromatic rings. The van der Waals surface area contributed by atoms with Crippen LogP contribution in [0.25, 0.3) is 0 Å². The van der Waals surface area contributed by atoms with Crippen molar-refractivity contribution in [3.63, 3.8) is 0 Å². The maximum absolute atomic E-state index is 11.7. The van der Waals surface area contributed by atoms with Crippen LogP contribution in [0.5, 0.6) is 0 Å². The summed E-state index contributed by atoms with van der Waals surface area (Å²) in [6, 6.07) is 7.58. The minimum Gasteiger partial charge on any atom is -0.480 e. The minimum absolute atomic E-state index is 0.428. The van der Waals surface area contributed by atoms with Crippen LogP contribution in [0, 0.1) is 0 Å². The van der Waals surface area contributed by atoms with E-state index in [9.17, 15) is 9.59 Å². The highest BCUT2D eigenvalue weighted by Gasteiger charge is 2.25. The first-order valence-corrected chi connectivity index (χ1v) is 6.40. The topological polar surface area (TPSA) is 116 Å². The Hall–Kier alpha value is -1.92. The third-order valence-corrected chi connectivity index (χ3v) is 2.98. The van der Waals surface area contributed by atoms with Gasteiger partial charge in [0.05, 0.1) is 0 Å². The van der Waals surface area contributed by atoms with Gasteiger partial charge < -0.3 is 21.3 Å². The van der Waals surface area contributed by atoms with Crippen LogP contribution in [0.2, 0.25) is 0 Å². The average Bonchev–Trinajstić information content (AvgIpc) is 2.44. The molecule has 0 bridgehead atoms. The van der Waals surface area contributed by atoms with Crippen molar-refractivity contribution < 1.29 is 19.4 Å². The quantitative estimate of drug-likeness (QED) is 0.618. The normalized spacial score (nSPS) is 15.2. The molecule has 0 spiro atoms. The van der Waals surface area contributed by atoms with E-state index >= 15 is 0 Å². The molecule has 0 saturated heterocycles. The van der Waals surface area contributed by atoms with Gasteiger partial charge in [-0.05, 0) is 25.3 Å². The van der Waals surface area contributed by atoms with Crippen LogP contribution in [0.4, 0.5) is 0 Å². The molecule has 1 unspecified atom stereocenters. The van der Waals surface area contributed by atoms with Crippen LogP contribution < -0.4 is 11.5 Å². The largest absolute Gasteiger partial charge is 0.480 e. The molecule has 0 aliphatic heterocycles. The Bertz CT molecular complexity index is 450. The van der Waals surface area contributed by atoms with E-state index in [1.807, 2.05) is 30.3 Å². The SMILES string of the molecule is C[C@@H](OC(=O)C(N)CCc1ccccc1)[C@H](N)C(=O)O. The lowest BCUT2D eigenvalue weighted by Crippen LogP contribution is -2.45. The predicted molar refractivity (Wildman–Crippen MR) is 73.9 cm³/mol. The van der Waals surface area contributed by atoms with Crippen molar-refractivity contribution in [3.8, 4) is 0 Å². The second-order valence-corrected chi connectivity index (χ2v) is 4.64. The van der Waals surface area contributed by atoms with Gasteiger partial charge in [0.1, 0.15) is 18.2 Å². The van der Waals surface area contributed by atoms with Crippen molar-refractivity contribution in [2.24, 2.45) is 11.5 Å². The van der Waals surface area contributed by atoms with Crippen LogP contribution in [-0.2, 0) is 20.7 Å². The Morgan fingerprint density at radius 3 is 2.40 bits per heavy atom. The van der Waals surface area contributed by atoms with Gasteiger partial charge in [-0.3, -0.25) is 9.59 Å². The Morgan fingerprint density at radius 1 is 1.25 bits per heavy atom. The first-order chi connectivity index (χ1) is 9.41. The number of carboxylic acid groups (broad SMARTS) is 1. The van der Waals surface area contributed by atoms with Crippen molar-refractivity contribution >= 4 is 11.9 Å². The van der Waals surface area contributed by atoms with E-state index in [0.717, 1.165) is 5.56 Å². The molecule has 0 fully saturated rings. The zero-order chi connectivity index (χ0) is 15.1. The number of carbonyl (C=O) groups excluding carboxylic acids is 1. The summed E-state index contributed by atoms with van der Waals surface area (Å²) in [6.07, 6.45) is 0.164. The number of esters is 1. The van der Waals surface area contributed by atoms with Crippen molar-refractivity contribution in [1.82, 2.24) is 0 Å². The number of carboxylic acids is 1. The lowest BCUT2D eigenvalue weighted by atomic mass is 10.1. The molecular formula is C14H20N2O4. The van der Waals surface area contributed by atoms with E-state index < -0.39 is 30.1 Å². The van der Waals surface area contributed by atoms with E-state index in [0.29, 0.717) is 12.8 Å². The van der Waals surface area contributed by atoms with E-state index in [1.165, 1.54) is 6.92 Å². The van der Waals surface area contributed by atoms with Crippen LogP contribution in [0.3, 0.4) is 0 Å². The molecule has 1 rings (SSSR count). The van der Waals surface area contributed by atoms with Gasteiger partial charge in [-0.25, -0.2) is 0 Å². The Labute approximate surface area is 117 Å². The van der Waals surface area contributed by atoms with Crippen LogP contribution in [0.15, 0.2) is 30.3 Å². The summed E-state index contributed by atoms with van der Waals surface area (Å²) in [5.41, 5.74) is 12.2. The molecule has 0 aliphatic rings. The summed E-state index contributed by atoms with van der Waals surface area (Å²) in [6.45, 7) is 1.43. The fourth-order valence-corrected chi connectivity index (χ4v) is 1.63. The number of nitrogens with two attached hydrogens (primary N) is 2. The zero-order valence-corrected chi connectivity index (χ0v) is 11.4. The molecule has 20 heavy (non-hydrogen) atoms. The van der Waals surface area contributed by atoms with Gasteiger partial charge in [0.15, 0.2) is 0 Å². The molecule has 0 radical (unpaired) electrons. The second kappa shape index (κ2) is 7.62. The lowest BCUT2D eigenvalue weighted by molar-refractivity contribution is -0.154. The van der Waals surface area contributed by atoms with Crippen molar-refractivity contribution in [3.05, 3.63) is 35.9 Å². The number of benzene rings is 1. The smallest absolute Gasteiger partial charge is 0.324 e. The molecule has 0 heterocycles. The van der Waals surface area contributed by atoms with Gasteiger partial charge in [-0.2, -0.15) is 0 Å². The average molecular weight is 280 g/mol. The number of rotatable bonds is 7. The van der Waals surface area contributed by atoms with E-state index in [4.69, 9.17) is 21.3 Å². The molecule has 0 aliphatic carbocycles. The van der Waals surface area contributed by atoms with E-state index in [1.54, 1.807) is 0 Å². The highest BCUT2D eigenvalue weighted by atomic mass is 16.5. The summed E-state index contributed by atoms with van der Waals surface area (Å²) in [5.74, 6) is -1.85. The molecule has 0 saturated carbocycles. The molecule has 5 N–H and O–H groups in total. The summed E-state index contributed by atoms with van der Waals surface area (Å²) in [4.78, 5) is 22.4. The van der Waals surface area contributed by atoms with Crippen LogP contribution in [-0.4, -0.2) is 35.2 Å². The third kappa shape index (κ3) is 4.99. The number of hydrogen-bond acceptors (Lipinski definition) is 5. The lowest BCUT2D eigenvalue weighted by Gasteiger charge is -2.19. The van der Waals surface area contributed by atoms with Gasteiger partial charge in [0, 0.05) is 0 Å². The molecule has 3 atom stereocenters.